The Morgan fingerprint density at radius 1 is 1.26 bits per heavy atom. The summed E-state index contributed by atoms with van der Waals surface area (Å²) >= 11 is 0. The highest BCUT2D eigenvalue weighted by molar-refractivity contribution is 5.15. The van der Waals surface area contributed by atoms with E-state index in [0.29, 0.717) is 5.54 Å². The second-order valence-electron chi connectivity index (χ2n) is 6.37. The van der Waals surface area contributed by atoms with Crippen LogP contribution in [0, 0.1) is 0 Å². The maximum atomic E-state index is 3.93. The van der Waals surface area contributed by atoms with E-state index in [-0.39, 0.29) is 0 Å². The van der Waals surface area contributed by atoms with E-state index in [9.17, 15) is 0 Å². The molecule has 2 fully saturated rings. The van der Waals surface area contributed by atoms with Crippen LogP contribution < -0.4 is 5.32 Å². The van der Waals surface area contributed by atoms with E-state index < -0.39 is 0 Å². The molecule has 19 heavy (non-hydrogen) atoms. The van der Waals surface area contributed by atoms with Gasteiger partial charge in [0.1, 0.15) is 0 Å². The van der Waals surface area contributed by atoms with Crippen LogP contribution in [0.1, 0.15) is 44.6 Å². The molecule has 0 unspecified atom stereocenters. The number of hydrogen-bond acceptors (Lipinski definition) is 2. The minimum atomic E-state index is 0.424. The van der Waals surface area contributed by atoms with Crippen LogP contribution in [0.5, 0.6) is 0 Å². The molecule has 0 saturated carbocycles. The minimum absolute atomic E-state index is 0.424. The first-order valence-corrected chi connectivity index (χ1v) is 7.84. The first-order chi connectivity index (χ1) is 9.30. The second-order valence-corrected chi connectivity index (χ2v) is 6.37. The molecule has 0 bridgehead atoms. The van der Waals surface area contributed by atoms with Gasteiger partial charge in [-0.3, -0.25) is 4.90 Å². The summed E-state index contributed by atoms with van der Waals surface area (Å²) in [6, 6.07) is 11.7. The fraction of sp³-hybridized carbons (Fsp3) is 0.647. The van der Waals surface area contributed by atoms with E-state index >= 15 is 0 Å². The summed E-state index contributed by atoms with van der Waals surface area (Å²) in [6.07, 6.45) is 6.73. The molecule has 3 rings (SSSR count). The summed E-state index contributed by atoms with van der Waals surface area (Å²) in [7, 11) is 0. The highest BCUT2D eigenvalue weighted by atomic mass is 15.2. The summed E-state index contributed by atoms with van der Waals surface area (Å²) in [5, 5.41) is 3.93. The summed E-state index contributed by atoms with van der Waals surface area (Å²) in [6.45, 7) is 5.91. The van der Waals surface area contributed by atoms with E-state index in [1.165, 1.54) is 50.8 Å². The second kappa shape index (κ2) is 5.64. The molecule has 2 atom stereocenters. The van der Waals surface area contributed by atoms with Crippen LogP contribution in [0.3, 0.4) is 0 Å². The van der Waals surface area contributed by atoms with Crippen molar-refractivity contribution in [2.24, 2.45) is 0 Å². The molecule has 0 amide bonds. The van der Waals surface area contributed by atoms with Gasteiger partial charge in [-0.1, -0.05) is 37.3 Å². The summed E-state index contributed by atoms with van der Waals surface area (Å²) in [5.74, 6) is 0. The van der Waals surface area contributed by atoms with Crippen LogP contribution in [0.4, 0.5) is 0 Å². The topological polar surface area (TPSA) is 15.3 Å². The van der Waals surface area contributed by atoms with Gasteiger partial charge in [0.15, 0.2) is 0 Å². The van der Waals surface area contributed by atoms with Gasteiger partial charge in [0.25, 0.3) is 0 Å². The predicted octanol–water partition coefficient (Wildman–Crippen LogP) is 3.18. The van der Waals surface area contributed by atoms with Gasteiger partial charge in [-0.15, -0.1) is 0 Å². The van der Waals surface area contributed by atoms with Crippen LogP contribution in [-0.2, 0) is 6.54 Å². The molecule has 2 heterocycles. The van der Waals surface area contributed by atoms with Crippen LogP contribution >= 0.6 is 0 Å². The van der Waals surface area contributed by atoms with Crippen molar-refractivity contribution in [2.75, 3.05) is 13.1 Å². The zero-order valence-corrected chi connectivity index (χ0v) is 12.1. The van der Waals surface area contributed by atoms with Crippen molar-refractivity contribution >= 4 is 0 Å². The molecule has 1 aromatic carbocycles. The molecule has 1 spiro atoms. The molecule has 1 N–H and O–H groups in total. The molecule has 2 aliphatic rings. The first-order valence-electron chi connectivity index (χ1n) is 7.84. The number of likely N-dealkylation sites (tertiary alicyclic amines) is 1. The van der Waals surface area contributed by atoms with E-state index in [4.69, 9.17) is 0 Å². The number of piperidine rings is 1. The van der Waals surface area contributed by atoms with Gasteiger partial charge in [0.05, 0.1) is 0 Å². The molecular formula is C17H26N2. The molecule has 104 valence electrons. The summed E-state index contributed by atoms with van der Waals surface area (Å²) in [5.41, 5.74) is 1.87. The lowest BCUT2D eigenvalue weighted by Crippen LogP contribution is -2.54. The Hall–Kier alpha value is -0.860. The lowest BCUT2D eigenvalue weighted by molar-refractivity contribution is 0.125. The van der Waals surface area contributed by atoms with E-state index in [2.05, 4.69) is 47.5 Å². The zero-order chi connectivity index (χ0) is 13.1. The molecule has 2 aliphatic heterocycles. The zero-order valence-electron chi connectivity index (χ0n) is 12.1. The van der Waals surface area contributed by atoms with Crippen LogP contribution in [0.15, 0.2) is 30.3 Å². The Morgan fingerprint density at radius 3 is 2.84 bits per heavy atom. The van der Waals surface area contributed by atoms with Crippen molar-refractivity contribution in [3.8, 4) is 0 Å². The SMILES string of the molecule is CC[C@H]1CC[C@@]2(CCCN(Cc3ccccc3)C2)N1. The smallest absolute Gasteiger partial charge is 0.0312 e. The number of rotatable bonds is 3. The summed E-state index contributed by atoms with van der Waals surface area (Å²) in [4.78, 5) is 2.64. The lowest BCUT2D eigenvalue weighted by atomic mass is 9.87. The number of hydrogen-bond donors (Lipinski definition) is 1. The Balaban J connectivity index is 1.62. The number of nitrogens with zero attached hydrogens (tertiary/aromatic N) is 1. The van der Waals surface area contributed by atoms with E-state index in [0.717, 1.165) is 12.6 Å². The van der Waals surface area contributed by atoms with Crippen molar-refractivity contribution in [3.05, 3.63) is 35.9 Å². The third kappa shape index (κ3) is 3.01. The van der Waals surface area contributed by atoms with Gasteiger partial charge in [0.2, 0.25) is 0 Å². The van der Waals surface area contributed by atoms with Crippen molar-refractivity contribution in [1.29, 1.82) is 0 Å². The molecule has 1 aromatic rings. The fourth-order valence-electron chi connectivity index (χ4n) is 3.86. The maximum Gasteiger partial charge on any atom is 0.0312 e. The highest BCUT2D eigenvalue weighted by Gasteiger charge is 2.40. The summed E-state index contributed by atoms with van der Waals surface area (Å²) < 4.78 is 0. The quantitative estimate of drug-likeness (QED) is 0.896. The van der Waals surface area contributed by atoms with Gasteiger partial charge in [-0.25, -0.2) is 0 Å². The highest BCUT2D eigenvalue weighted by Crippen LogP contribution is 2.33. The van der Waals surface area contributed by atoms with Crippen LogP contribution in [-0.4, -0.2) is 29.6 Å². The first kappa shape index (κ1) is 13.1. The normalized spacial score (nSPS) is 31.9. The monoisotopic (exact) mass is 258 g/mol. The van der Waals surface area contributed by atoms with Gasteiger partial charge in [-0.05, 0) is 44.2 Å². The molecule has 2 heteroatoms. The Bertz CT molecular complexity index is 403. The average molecular weight is 258 g/mol. The van der Waals surface area contributed by atoms with E-state index in [1.807, 2.05) is 0 Å². The minimum Gasteiger partial charge on any atom is -0.307 e. The fourth-order valence-corrected chi connectivity index (χ4v) is 3.86. The standard InChI is InChI=1S/C17H26N2/c1-2-16-9-11-17(18-16)10-6-12-19(14-17)13-15-7-4-3-5-8-15/h3-5,7-8,16,18H,2,6,9-14H2,1H3/t16-,17+/m0/s1. The van der Waals surface area contributed by atoms with Crippen molar-refractivity contribution < 1.29 is 0 Å². The third-order valence-electron chi connectivity index (χ3n) is 4.88. The van der Waals surface area contributed by atoms with E-state index in [1.54, 1.807) is 0 Å². The third-order valence-corrected chi connectivity index (χ3v) is 4.88. The molecular weight excluding hydrogens is 232 g/mol. The Labute approximate surface area is 117 Å². The number of nitrogens with one attached hydrogen (secondary N) is 1. The molecule has 0 aromatic heterocycles. The van der Waals surface area contributed by atoms with Gasteiger partial charge < -0.3 is 5.32 Å². The van der Waals surface area contributed by atoms with Crippen molar-refractivity contribution in [3.63, 3.8) is 0 Å². The molecule has 2 saturated heterocycles. The van der Waals surface area contributed by atoms with Gasteiger partial charge in [-0.2, -0.15) is 0 Å². The van der Waals surface area contributed by atoms with Gasteiger partial charge in [0, 0.05) is 24.7 Å². The number of benzene rings is 1. The Kier molecular flexibility index (Phi) is 3.90. The van der Waals surface area contributed by atoms with Crippen molar-refractivity contribution in [2.45, 2.75) is 57.2 Å². The average Bonchev–Trinajstić information content (AvgIpc) is 2.83. The van der Waals surface area contributed by atoms with Gasteiger partial charge >= 0.3 is 0 Å². The van der Waals surface area contributed by atoms with Crippen LogP contribution in [0.2, 0.25) is 0 Å². The Morgan fingerprint density at radius 2 is 2.11 bits per heavy atom. The lowest BCUT2D eigenvalue weighted by Gasteiger charge is -2.41. The van der Waals surface area contributed by atoms with Crippen LogP contribution in [0.25, 0.3) is 0 Å². The molecule has 2 nitrogen and oxygen atoms in total. The molecule has 0 radical (unpaired) electrons. The van der Waals surface area contributed by atoms with Crippen molar-refractivity contribution in [1.82, 2.24) is 10.2 Å². The molecule has 0 aliphatic carbocycles. The predicted molar refractivity (Wildman–Crippen MR) is 80.1 cm³/mol. The largest absolute Gasteiger partial charge is 0.307 e. The maximum absolute atomic E-state index is 3.93.